The molecule has 0 saturated heterocycles. The number of thiophene rings is 1. The Morgan fingerprint density at radius 3 is 2.67 bits per heavy atom. The summed E-state index contributed by atoms with van der Waals surface area (Å²) in [4.78, 5) is 1.29. The maximum absolute atomic E-state index is 10.1. The summed E-state index contributed by atoms with van der Waals surface area (Å²) in [6.45, 7) is 4.27. The van der Waals surface area contributed by atoms with Crippen molar-refractivity contribution in [2.75, 3.05) is 0 Å². The fourth-order valence-electron chi connectivity index (χ4n) is 2.02. The van der Waals surface area contributed by atoms with Crippen molar-refractivity contribution in [3.05, 3.63) is 21.9 Å². The van der Waals surface area contributed by atoms with Gasteiger partial charge in [0.25, 0.3) is 0 Å². The average molecular weight is 182 g/mol. The summed E-state index contributed by atoms with van der Waals surface area (Å²) in [6, 6.07) is 2.11. The summed E-state index contributed by atoms with van der Waals surface area (Å²) >= 11 is 1.72. The molecule has 1 heterocycles. The van der Waals surface area contributed by atoms with E-state index in [-0.39, 0.29) is 0 Å². The lowest BCUT2D eigenvalue weighted by Crippen LogP contribution is -2.39. The van der Waals surface area contributed by atoms with Gasteiger partial charge in [-0.2, -0.15) is 0 Å². The van der Waals surface area contributed by atoms with Crippen LogP contribution in [0.3, 0.4) is 0 Å². The summed E-state index contributed by atoms with van der Waals surface area (Å²) < 4.78 is 0. The third kappa shape index (κ3) is 1.19. The van der Waals surface area contributed by atoms with E-state index in [2.05, 4.69) is 25.3 Å². The van der Waals surface area contributed by atoms with Gasteiger partial charge in [-0.15, -0.1) is 11.3 Å². The van der Waals surface area contributed by atoms with Crippen LogP contribution in [0.5, 0.6) is 0 Å². The van der Waals surface area contributed by atoms with Gasteiger partial charge < -0.3 is 5.11 Å². The lowest BCUT2D eigenvalue weighted by atomic mass is 9.69. The highest BCUT2D eigenvalue weighted by molar-refractivity contribution is 7.10. The molecule has 0 aliphatic heterocycles. The van der Waals surface area contributed by atoms with Gasteiger partial charge in [0.15, 0.2) is 0 Å². The van der Waals surface area contributed by atoms with Crippen LogP contribution in [0, 0.1) is 12.8 Å². The van der Waals surface area contributed by atoms with E-state index < -0.39 is 5.60 Å². The summed E-state index contributed by atoms with van der Waals surface area (Å²) in [7, 11) is 0. The number of aryl methyl sites for hydroxylation is 1. The predicted octanol–water partition coefficient (Wildman–Crippen LogP) is 2.67. The Kier molecular flexibility index (Phi) is 1.77. The second kappa shape index (κ2) is 2.57. The van der Waals surface area contributed by atoms with Crippen molar-refractivity contribution in [1.82, 2.24) is 0 Å². The Hall–Kier alpha value is -0.340. The van der Waals surface area contributed by atoms with Gasteiger partial charge in [0, 0.05) is 4.88 Å². The molecule has 1 N–H and O–H groups in total. The molecule has 1 saturated carbocycles. The second-order valence-corrected chi connectivity index (χ2v) is 5.11. The van der Waals surface area contributed by atoms with Gasteiger partial charge in [0.2, 0.25) is 0 Å². The normalized spacial score (nSPS) is 34.8. The van der Waals surface area contributed by atoms with E-state index in [1.165, 1.54) is 4.88 Å². The third-order valence-electron chi connectivity index (χ3n) is 2.64. The third-order valence-corrected chi connectivity index (χ3v) is 3.50. The van der Waals surface area contributed by atoms with Crippen LogP contribution >= 0.6 is 11.3 Å². The van der Waals surface area contributed by atoms with Gasteiger partial charge in [0.1, 0.15) is 0 Å². The molecule has 0 bridgehead atoms. The summed E-state index contributed by atoms with van der Waals surface area (Å²) in [5.41, 5.74) is 0.646. The first-order valence-corrected chi connectivity index (χ1v) is 5.26. The van der Waals surface area contributed by atoms with Crippen LogP contribution in [0.1, 0.15) is 30.2 Å². The molecule has 1 fully saturated rings. The first-order chi connectivity index (χ1) is 5.60. The first kappa shape index (κ1) is 8.27. The van der Waals surface area contributed by atoms with E-state index in [1.807, 2.05) is 0 Å². The SMILES string of the molecule is Cc1cc(C2(O)CC(C)C2)cs1. The van der Waals surface area contributed by atoms with Crippen LogP contribution in [0.15, 0.2) is 11.4 Å². The van der Waals surface area contributed by atoms with Crippen LogP contribution in [-0.4, -0.2) is 5.11 Å². The Labute approximate surface area is 77.0 Å². The highest BCUT2D eigenvalue weighted by Crippen LogP contribution is 2.46. The minimum atomic E-state index is -0.482. The van der Waals surface area contributed by atoms with Crippen LogP contribution in [0.4, 0.5) is 0 Å². The Morgan fingerprint density at radius 1 is 1.58 bits per heavy atom. The number of aliphatic hydroxyl groups is 1. The van der Waals surface area contributed by atoms with Crippen molar-refractivity contribution < 1.29 is 5.11 Å². The summed E-state index contributed by atoms with van der Waals surface area (Å²) in [6.07, 6.45) is 1.87. The zero-order chi connectivity index (χ0) is 8.77. The van der Waals surface area contributed by atoms with Gasteiger partial charge in [0.05, 0.1) is 5.60 Å². The molecule has 0 unspecified atom stereocenters. The molecule has 0 atom stereocenters. The van der Waals surface area contributed by atoms with Crippen molar-refractivity contribution in [2.24, 2.45) is 5.92 Å². The van der Waals surface area contributed by atoms with Crippen LogP contribution in [-0.2, 0) is 5.60 Å². The molecular formula is C10H14OS. The molecule has 1 nitrogen and oxygen atoms in total. The molecule has 66 valence electrons. The van der Waals surface area contributed by atoms with Gasteiger partial charge in [-0.1, -0.05) is 6.92 Å². The predicted molar refractivity (Wildman–Crippen MR) is 51.4 cm³/mol. The molecule has 0 radical (unpaired) electrons. The van der Waals surface area contributed by atoms with Crippen molar-refractivity contribution in [2.45, 2.75) is 32.3 Å². The smallest absolute Gasteiger partial charge is 0.0909 e. The highest BCUT2D eigenvalue weighted by atomic mass is 32.1. The van der Waals surface area contributed by atoms with Crippen LogP contribution < -0.4 is 0 Å². The minimum absolute atomic E-state index is 0.482. The molecule has 1 aliphatic carbocycles. The lowest BCUT2D eigenvalue weighted by Gasteiger charge is -2.41. The maximum atomic E-state index is 10.1. The molecule has 1 aromatic rings. The molecule has 1 aromatic heterocycles. The second-order valence-electron chi connectivity index (χ2n) is 3.99. The number of hydrogen-bond donors (Lipinski definition) is 1. The molecule has 2 heteroatoms. The molecule has 2 rings (SSSR count). The van der Waals surface area contributed by atoms with E-state index >= 15 is 0 Å². The Morgan fingerprint density at radius 2 is 2.25 bits per heavy atom. The van der Waals surface area contributed by atoms with Crippen molar-refractivity contribution in [3.63, 3.8) is 0 Å². The standard InChI is InChI=1S/C10H14OS/c1-7-4-10(11,5-7)9-3-8(2)12-6-9/h3,6-7,11H,4-5H2,1-2H3. The van der Waals surface area contributed by atoms with Gasteiger partial charge >= 0.3 is 0 Å². The van der Waals surface area contributed by atoms with Crippen molar-refractivity contribution >= 4 is 11.3 Å². The number of hydrogen-bond acceptors (Lipinski definition) is 2. The van der Waals surface area contributed by atoms with E-state index in [9.17, 15) is 5.11 Å². The lowest BCUT2D eigenvalue weighted by molar-refractivity contribution is -0.0735. The van der Waals surface area contributed by atoms with E-state index in [0.29, 0.717) is 5.92 Å². The van der Waals surface area contributed by atoms with Crippen molar-refractivity contribution in [1.29, 1.82) is 0 Å². The molecule has 0 aromatic carbocycles. The fraction of sp³-hybridized carbons (Fsp3) is 0.600. The minimum Gasteiger partial charge on any atom is -0.385 e. The largest absolute Gasteiger partial charge is 0.385 e. The highest BCUT2D eigenvalue weighted by Gasteiger charge is 2.41. The summed E-state index contributed by atoms with van der Waals surface area (Å²) in [5.74, 6) is 0.690. The van der Waals surface area contributed by atoms with E-state index in [4.69, 9.17) is 0 Å². The average Bonchev–Trinajstić information content (AvgIpc) is 2.33. The van der Waals surface area contributed by atoms with E-state index in [0.717, 1.165) is 18.4 Å². The molecule has 12 heavy (non-hydrogen) atoms. The zero-order valence-corrected chi connectivity index (χ0v) is 8.32. The monoisotopic (exact) mass is 182 g/mol. The molecule has 0 amide bonds. The van der Waals surface area contributed by atoms with Crippen LogP contribution in [0.25, 0.3) is 0 Å². The van der Waals surface area contributed by atoms with Crippen LogP contribution in [0.2, 0.25) is 0 Å². The molecule has 0 spiro atoms. The zero-order valence-electron chi connectivity index (χ0n) is 7.50. The van der Waals surface area contributed by atoms with E-state index in [1.54, 1.807) is 11.3 Å². The summed E-state index contributed by atoms with van der Waals surface area (Å²) in [5, 5.41) is 12.2. The Balaban J connectivity index is 2.20. The van der Waals surface area contributed by atoms with Crippen molar-refractivity contribution in [3.8, 4) is 0 Å². The van der Waals surface area contributed by atoms with Gasteiger partial charge in [-0.05, 0) is 42.7 Å². The Bertz CT molecular complexity index is 284. The molecule has 1 aliphatic rings. The number of rotatable bonds is 1. The topological polar surface area (TPSA) is 20.2 Å². The van der Waals surface area contributed by atoms with Gasteiger partial charge in [-0.3, -0.25) is 0 Å². The van der Waals surface area contributed by atoms with Gasteiger partial charge in [-0.25, -0.2) is 0 Å². The first-order valence-electron chi connectivity index (χ1n) is 4.38. The maximum Gasteiger partial charge on any atom is 0.0909 e. The quantitative estimate of drug-likeness (QED) is 0.708. The molecular weight excluding hydrogens is 168 g/mol. The fourth-order valence-corrected chi connectivity index (χ4v) is 2.81.